The highest BCUT2D eigenvalue weighted by Gasteiger charge is 2.29. The second-order valence-corrected chi connectivity index (χ2v) is 7.15. The topological polar surface area (TPSA) is 98.5 Å². The third-order valence-corrected chi connectivity index (χ3v) is 5.72. The third kappa shape index (κ3) is 3.24. The number of hydrogen-bond donors (Lipinski definition) is 0. The number of nitro benzene ring substituents is 1. The Morgan fingerprint density at radius 1 is 0.545 bits per heavy atom. The largest absolute Gasteiger partial charge is 0.493 e. The van der Waals surface area contributed by atoms with Crippen LogP contribution in [0.1, 0.15) is 0 Å². The smallest absolute Gasteiger partial charge is 0.323 e. The molecule has 4 rings (SSSR count). The number of hydrogen-bond acceptors (Lipinski definition) is 8. The number of nitro groups is 1. The van der Waals surface area contributed by atoms with Gasteiger partial charge in [0.1, 0.15) is 0 Å². The summed E-state index contributed by atoms with van der Waals surface area (Å²) in [5, 5.41) is 16.1. The highest BCUT2D eigenvalue weighted by Crippen LogP contribution is 2.51. The van der Waals surface area contributed by atoms with Gasteiger partial charge in [-0.25, -0.2) is 0 Å². The highest BCUT2D eigenvalue weighted by atomic mass is 16.6. The van der Waals surface area contributed by atoms with Crippen molar-refractivity contribution in [3.63, 3.8) is 0 Å². The highest BCUT2D eigenvalue weighted by molar-refractivity contribution is 6.29. The molecule has 9 nitrogen and oxygen atoms in total. The number of rotatable bonds is 7. The molecule has 172 valence electrons. The molecule has 0 amide bonds. The standard InChI is InChI=1S/C24H23NO8/c1-28-17-7-12-13-8-19(30-3)20(31-4)10-15(13)22-16(14(12)9-18(17)29-2)11-21(32-5)24(33-6)23(22)25(26)27/h7-11H,1-6H3. The van der Waals surface area contributed by atoms with Crippen molar-refractivity contribution in [2.45, 2.75) is 0 Å². The normalized spacial score (nSPS) is 11.0. The molecule has 0 bridgehead atoms. The number of nitrogens with zero attached hydrogens (tertiary/aromatic N) is 1. The summed E-state index contributed by atoms with van der Waals surface area (Å²) in [5.74, 6) is 2.22. The van der Waals surface area contributed by atoms with E-state index in [0.29, 0.717) is 49.9 Å². The number of benzene rings is 4. The van der Waals surface area contributed by atoms with Gasteiger partial charge in [0.05, 0.1) is 53.0 Å². The average Bonchev–Trinajstić information content (AvgIpc) is 2.85. The van der Waals surface area contributed by atoms with Crippen LogP contribution in [0.15, 0.2) is 30.3 Å². The van der Waals surface area contributed by atoms with Crippen LogP contribution in [0.5, 0.6) is 34.5 Å². The Balaban J connectivity index is 2.41. The summed E-state index contributed by atoms with van der Waals surface area (Å²) in [4.78, 5) is 11.8. The Morgan fingerprint density at radius 3 is 1.21 bits per heavy atom. The monoisotopic (exact) mass is 453 g/mol. The number of ether oxygens (including phenoxy) is 6. The molecule has 9 heteroatoms. The Bertz CT molecular complexity index is 1360. The van der Waals surface area contributed by atoms with E-state index in [1.807, 2.05) is 6.07 Å². The van der Waals surface area contributed by atoms with E-state index >= 15 is 0 Å². The average molecular weight is 453 g/mol. The molecular formula is C24H23NO8. The van der Waals surface area contributed by atoms with Gasteiger partial charge in [-0.3, -0.25) is 10.1 Å². The van der Waals surface area contributed by atoms with Crippen LogP contribution in [-0.2, 0) is 0 Å². The van der Waals surface area contributed by atoms with Crippen LogP contribution in [0, 0.1) is 10.1 Å². The Hall–Kier alpha value is -4.14. The second kappa shape index (κ2) is 8.42. The molecule has 0 heterocycles. The van der Waals surface area contributed by atoms with Crippen LogP contribution in [0.3, 0.4) is 0 Å². The predicted octanol–water partition coefficient (Wildman–Crippen LogP) is 5.11. The zero-order valence-electron chi connectivity index (χ0n) is 19.1. The van der Waals surface area contributed by atoms with Gasteiger partial charge >= 0.3 is 5.69 Å². The SMILES string of the molecule is COc1cc2c3cc(OC)c(OC)cc3c3c([N+](=O)[O-])c(OC)c(OC)cc3c2cc1OC. The number of methoxy groups -OCH3 is 6. The van der Waals surface area contributed by atoms with E-state index in [2.05, 4.69) is 0 Å². The maximum Gasteiger partial charge on any atom is 0.323 e. The van der Waals surface area contributed by atoms with E-state index < -0.39 is 4.92 Å². The molecule has 4 aromatic rings. The Labute approximate surface area is 189 Å². The molecule has 0 aliphatic rings. The quantitative estimate of drug-likeness (QED) is 0.216. The summed E-state index contributed by atoms with van der Waals surface area (Å²) in [6.45, 7) is 0. The molecule has 0 N–H and O–H groups in total. The van der Waals surface area contributed by atoms with E-state index in [-0.39, 0.29) is 17.2 Å². The molecule has 0 saturated heterocycles. The molecule has 0 unspecified atom stereocenters. The van der Waals surface area contributed by atoms with E-state index in [0.717, 1.165) is 5.39 Å². The predicted molar refractivity (Wildman–Crippen MR) is 125 cm³/mol. The summed E-state index contributed by atoms with van der Waals surface area (Å²) >= 11 is 0. The first kappa shape index (κ1) is 22.1. The zero-order valence-corrected chi connectivity index (χ0v) is 19.1. The first-order chi connectivity index (χ1) is 15.9. The fourth-order valence-electron chi connectivity index (χ4n) is 4.27. The number of fused-ring (bicyclic) bond motifs is 6. The van der Waals surface area contributed by atoms with Crippen LogP contribution < -0.4 is 28.4 Å². The lowest BCUT2D eigenvalue weighted by Gasteiger charge is -2.18. The lowest BCUT2D eigenvalue weighted by Crippen LogP contribution is -2.00. The van der Waals surface area contributed by atoms with Crippen molar-refractivity contribution < 1.29 is 33.3 Å². The van der Waals surface area contributed by atoms with Crippen LogP contribution in [0.25, 0.3) is 32.3 Å². The van der Waals surface area contributed by atoms with Gasteiger partial charge in [-0.05, 0) is 46.5 Å². The van der Waals surface area contributed by atoms with Gasteiger partial charge in [-0.2, -0.15) is 0 Å². The van der Waals surface area contributed by atoms with Crippen LogP contribution in [0.2, 0.25) is 0 Å². The van der Waals surface area contributed by atoms with Gasteiger partial charge in [-0.15, -0.1) is 0 Å². The Kier molecular flexibility index (Phi) is 5.63. The molecular weight excluding hydrogens is 430 g/mol. The summed E-state index contributed by atoms with van der Waals surface area (Å²) in [6.07, 6.45) is 0. The van der Waals surface area contributed by atoms with E-state index in [1.165, 1.54) is 35.5 Å². The van der Waals surface area contributed by atoms with Crippen molar-refractivity contribution in [1.29, 1.82) is 0 Å². The van der Waals surface area contributed by atoms with Crippen molar-refractivity contribution in [2.24, 2.45) is 0 Å². The molecule has 0 aromatic heterocycles. The fourth-order valence-corrected chi connectivity index (χ4v) is 4.27. The molecule has 0 aliphatic carbocycles. The van der Waals surface area contributed by atoms with Crippen molar-refractivity contribution in [3.8, 4) is 34.5 Å². The summed E-state index contributed by atoms with van der Waals surface area (Å²) in [6, 6.07) is 8.88. The van der Waals surface area contributed by atoms with Gasteiger partial charge in [0.2, 0.25) is 5.75 Å². The molecule has 4 aromatic carbocycles. The lowest BCUT2D eigenvalue weighted by molar-refractivity contribution is -0.383. The molecule has 0 saturated carbocycles. The zero-order chi connectivity index (χ0) is 23.9. The lowest BCUT2D eigenvalue weighted by atomic mass is 9.92. The van der Waals surface area contributed by atoms with Gasteiger partial charge in [0.15, 0.2) is 28.7 Å². The summed E-state index contributed by atoms with van der Waals surface area (Å²) < 4.78 is 32.9. The molecule has 33 heavy (non-hydrogen) atoms. The fraction of sp³-hybridized carbons (Fsp3) is 0.250. The first-order valence-electron chi connectivity index (χ1n) is 9.90. The minimum Gasteiger partial charge on any atom is -0.493 e. The van der Waals surface area contributed by atoms with Crippen LogP contribution in [0.4, 0.5) is 5.69 Å². The molecule has 0 aliphatic heterocycles. The van der Waals surface area contributed by atoms with Gasteiger partial charge in [0.25, 0.3) is 0 Å². The van der Waals surface area contributed by atoms with Crippen LogP contribution >= 0.6 is 0 Å². The molecule has 0 fully saturated rings. The van der Waals surface area contributed by atoms with E-state index in [9.17, 15) is 10.1 Å². The first-order valence-corrected chi connectivity index (χ1v) is 9.90. The summed E-state index contributed by atoms with van der Waals surface area (Å²) in [7, 11) is 8.94. The summed E-state index contributed by atoms with van der Waals surface area (Å²) in [5.41, 5.74) is -0.208. The third-order valence-electron chi connectivity index (χ3n) is 5.72. The van der Waals surface area contributed by atoms with Gasteiger partial charge in [-0.1, -0.05) is 0 Å². The van der Waals surface area contributed by atoms with Gasteiger partial charge in [0, 0.05) is 10.8 Å². The maximum atomic E-state index is 12.3. The van der Waals surface area contributed by atoms with Crippen molar-refractivity contribution in [2.75, 3.05) is 42.7 Å². The van der Waals surface area contributed by atoms with Crippen molar-refractivity contribution in [1.82, 2.24) is 0 Å². The van der Waals surface area contributed by atoms with Crippen molar-refractivity contribution >= 4 is 38.0 Å². The molecule has 0 atom stereocenters. The second-order valence-electron chi connectivity index (χ2n) is 7.15. The molecule has 0 radical (unpaired) electrons. The Morgan fingerprint density at radius 2 is 0.879 bits per heavy atom. The minimum atomic E-state index is -0.466. The molecule has 0 spiro atoms. The maximum absolute atomic E-state index is 12.3. The minimum absolute atomic E-state index is 0.0333. The van der Waals surface area contributed by atoms with Gasteiger partial charge < -0.3 is 28.4 Å². The van der Waals surface area contributed by atoms with E-state index in [1.54, 1.807) is 31.4 Å². The van der Waals surface area contributed by atoms with Crippen molar-refractivity contribution in [3.05, 3.63) is 40.4 Å². The van der Waals surface area contributed by atoms with Crippen LogP contribution in [-0.4, -0.2) is 47.6 Å². The van der Waals surface area contributed by atoms with E-state index in [4.69, 9.17) is 28.4 Å².